The Bertz CT molecular complexity index is 1480. The van der Waals surface area contributed by atoms with Crippen molar-refractivity contribution in [1.29, 1.82) is 0 Å². The highest BCUT2D eigenvalue weighted by molar-refractivity contribution is 6.04. The van der Waals surface area contributed by atoms with Crippen molar-refractivity contribution in [2.24, 2.45) is 0 Å². The molecule has 3 aromatic carbocycles. The van der Waals surface area contributed by atoms with E-state index in [1.807, 2.05) is 48.5 Å². The first kappa shape index (κ1) is 21.4. The van der Waals surface area contributed by atoms with Gasteiger partial charge in [-0.3, -0.25) is 9.78 Å². The molecule has 1 aliphatic heterocycles. The normalized spacial score (nSPS) is 19.1. The van der Waals surface area contributed by atoms with Crippen LogP contribution in [0.1, 0.15) is 41.4 Å². The maximum absolute atomic E-state index is 13.9. The van der Waals surface area contributed by atoms with Crippen LogP contribution < -0.4 is 14.8 Å². The predicted octanol–water partition coefficient (Wildman–Crippen LogP) is 6.21. The Labute approximate surface area is 204 Å². The number of Topliss-reactive ketones (excluding diaryl/α,β-unsaturated/α-hetero) is 1. The smallest absolute Gasteiger partial charge is 0.162 e. The summed E-state index contributed by atoms with van der Waals surface area (Å²) in [6.07, 6.45) is 3.09. The van der Waals surface area contributed by atoms with Crippen LogP contribution in [0.4, 0.5) is 5.69 Å². The number of hydrogen-bond donors (Lipinski definition) is 1. The summed E-state index contributed by atoms with van der Waals surface area (Å²) in [5.41, 5.74) is 7.05. The summed E-state index contributed by atoms with van der Waals surface area (Å²) in [5.74, 6) is 1.43. The number of carbonyl (C=O) groups excluding carboxylic acids is 1. The van der Waals surface area contributed by atoms with Gasteiger partial charge in [0.25, 0.3) is 0 Å². The van der Waals surface area contributed by atoms with E-state index in [1.165, 1.54) is 5.56 Å². The van der Waals surface area contributed by atoms with Gasteiger partial charge in [0, 0.05) is 40.9 Å². The van der Waals surface area contributed by atoms with Crippen molar-refractivity contribution in [2.45, 2.75) is 24.7 Å². The number of hydrogen-bond acceptors (Lipinski definition) is 5. The van der Waals surface area contributed by atoms with Gasteiger partial charge in [-0.2, -0.15) is 0 Å². The van der Waals surface area contributed by atoms with E-state index in [2.05, 4.69) is 34.6 Å². The van der Waals surface area contributed by atoms with Crippen molar-refractivity contribution in [2.75, 3.05) is 19.5 Å². The molecule has 0 bridgehead atoms. The topological polar surface area (TPSA) is 60.5 Å². The molecule has 1 aliphatic carbocycles. The van der Waals surface area contributed by atoms with Gasteiger partial charge >= 0.3 is 0 Å². The van der Waals surface area contributed by atoms with Gasteiger partial charge in [0.2, 0.25) is 0 Å². The Morgan fingerprint density at radius 3 is 2.49 bits per heavy atom. The molecule has 4 aromatic rings. The molecule has 0 spiro atoms. The van der Waals surface area contributed by atoms with Crippen LogP contribution >= 0.6 is 0 Å². The Balaban J connectivity index is 1.56. The Morgan fingerprint density at radius 2 is 1.69 bits per heavy atom. The Hall–Kier alpha value is -4.12. The fraction of sp³-hybridized carbons (Fsp3) is 0.200. The van der Waals surface area contributed by atoms with E-state index in [0.29, 0.717) is 17.9 Å². The second kappa shape index (κ2) is 8.58. The van der Waals surface area contributed by atoms with Crippen LogP contribution in [0, 0.1) is 0 Å². The van der Waals surface area contributed by atoms with Crippen molar-refractivity contribution >= 4 is 22.4 Å². The minimum atomic E-state index is -0.224. The molecule has 0 saturated carbocycles. The van der Waals surface area contributed by atoms with Crippen LogP contribution in [0.3, 0.4) is 0 Å². The van der Waals surface area contributed by atoms with Crippen molar-refractivity contribution < 1.29 is 14.3 Å². The number of allylic oxidation sites excluding steroid dienone is 2. The summed E-state index contributed by atoms with van der Waals surface area (Å²) in [4.78, 5) is 18.4. The zero-order valence-electron chi connectivity index (χ0n) is 19.7. The van der Waals surface area contributed by atoms with Crippen LogP contribution in [-0.2, 0) is 4.79 Å². The molecule has 35 heavy (non-hydrogen) atoms. The third-order valence-electron chi connectivity index (χ3n) is 7.21. The molecule has 1 aromatic heterocycles. The van der Waals surface area contributed by atoms with Crippen molar-refractivity contribution in [3.8, 4) is 11.5 Å². The van der Waals surface area contributed by atoms with E-state index in [1.54, 1.807) is 20.4 Å². The summed E-state index contributed by atoms with van der Waals surface area (Å²) in [7, 11) is 3.27. The standard InChI is InChI=1S/C30H26N2O3/c1-34-26-13-10-19(17-27(26)35-2)28-29-21-9-6-14-31-22(21)11-12-23(29)32-24-15-20(16-25(33)30(24)28)18-7-4-3-5-8-18/h3-14,17,20,28,32H,15-16H2,1-2H3/t20-,28-/m0/s1. The lowest BCUT2D eigenvalue weighted by Crippen LogP contribution is -2.30. The number of ether oxygens (including phenoxy) is 2. The first-order chi connectivity index (χ1) is 17.2. The molecule has 0 saturated heterocycles. The quantitative estimate of drug-likeness (QED) is 0.391. The maximum Gasteiger partial charge on any atom is 0.162 e. The lowest BCUT2D eigenvalue weighted by Gasteiger charge is -2.37. The summed E-state index contributed by atoms with van der Waals surface area (Å²) in [6.45, 7) is 0. The highest BCUT2D eigenvalue weighted by atomic mass is 16.5. The largest absolute Gasteiger partial charge is 0.493 e. The number of fused-ring (bicyclic) bond motifs is 3. The van der Waals surface area contributed by atoms with Crippen LogP contribution in [0.2, 0.25) is 0 Å². The Morgan fingerprint density at radius 1 is 0.857 bits per heavy atom. The number of benzene rings is 3. The van der Waals surface area contributed by atoms with Gasteiger partial charge in [-0.1, -0.05) is 42.5 Å². The number of rotatable bonds is 4. The van der Waals surface area contributed by atoms with E-state index in [-0.39, 0.29) is 17.6 Å². The lowest BCUT2D eigenvalue weighted by molar-refractivity contribution is -0.116. The number of aromatic nitrogens is 1. The molecule has 6 rings (SSSR count). The first-order valence-corrected chi connectivity index (χ1v) is 11.9. The SMILES string of the molecule is COc1ccc([C@@H]2C3=C(C[C@H](c4ccccc4)CC3=O)Nc3ccc4ncccc4c32)cc1OC. The van der Waals surface area contributed by atoms with Crippen LogP contribution in [0.25, 0.3) is 10.9 Å². The van der Waals surface area contributed by atoms with Gasteiger partial charge in [-0.15, -0.1) is 0 Å². The number of nitrogens with zero attached hydrogens (tertiary/aromatic N) is 1. The minimum absolute atomic E-state index is 0.157. The minimum Gasteiger partial charge on any atom is -0.493 e. The molecule has 1 N–H and O–H groups in total. The van der Waals surface area contributed by atoms with Crippen molar-refractivity contribution in [1.82, 2.24) is 4.98 Å². The molecule has 0 amide bonds. The van der Waals surface area contributed by atoms with Gasteiger partial charge in [0.15, 0.2) is 17.3 Å². The third kappa shape index (κ3) is 3.55. The van der Waals surface area contributed by atoms with Gasteiger partial charge < -0.3 is 14.8 Å². The number of ketones is 1. The number of pyridine rings is 1. The van der Waals surface area contributed by atoms with E-state index in [9.17, 15) is 4.79 Å². The third-order valence-corrected chi connectivity index (χ3v) is 7.21. The molecule has 5 nitrogen and oxygen atoms in total. The number of methoxy groups -OCH3 is 2. The lowest BCUT2D eigenvalue weighted by atomic mass is 9.71. The second-order valence-electron chi connectivity index (χ2n) is 9.10. The van der Waals surface area contributed by atoms with Crippen LogP contribution in [0.5, 0.6) is 11.5 Å². The first-order valence-electron chi connectivity index (χ1n) is 11.9. The second-order valence-corrected chi connectivity index (χ2v) is 9.10. The van der Waals surface area contributed by atoms with Gasteiger partial charge in [-0.25, -0.2) is 0 Å². The number of carbonyl (C=O) groups is 1. The van der Waals surface area contributed by atoms with Crippen molar-refractivity contribution in [3.63, 3.8) is 0 Å². The highest BCUT2D eigenvalue weighted by Gasteiger charge is 2.39. The summed E-state index contributed by atoms with van der Waals surface area (Å²) in [6, 6.07) is 24.4. The van der Waals surface area contributed by atoms with Gasteiger partial charge in [0.05, 0.1) is 19.7 Å². The zero-order chi connectivity index (χ0) is 23.9. The zero-order valence-corrected chi connectivity index (χ0v) is 19.7. The highest BCUT2D eigenvalue weighted by Crippen LogP contribution is 2.50. The van der Waals surface area contributed by atoms with Crippen LogP contribution in [0.15, 0.2) is 90.3 Å². The fourth-order valence-electron chi connectivity index (χ4n) is 5.61. The van der Waals surface area contributed by atoms with Crippen LogP contribution in [-0.4, -0.2) is 25.0 Å². The average molecular weight is 463 g/mol. The maximum atomic E-state index is 13.9. The molecule has 0 unspecified atom stereocenters. The monoisotopic (exact) mass is 462 g/mol. The number of anilines is 1. The molecule has 2 heterocycles. The van der Waals surface area contributed by atoms with E-state index in [0.717, 1.165) is 45.4 Å². The molecular formula is C30H26N2O3. The van der Waals surface area contributed by atoms with E-state index < -0.39 is 0 Å². The molecule has 2 aliphatic rings. The predicted molar refractivity (Wildman–Crippen MR) is 137 cm³/mol. The van der Waals surface area contributed by atoms with Crippen molar-refractivity contribution in [3.05, 3.63) is 107 Å². The summed E-state index contributed by atoms with van der Waals surface area (Å²) < 4.78 is 11.1. The average Bonchev–Trinajstić information content (AvgIpc) is 2.91. The van der Waals surface area contributed by atoms with Gasteiger partial charge in [0.1, 0.15) is 0 Å². The number of nitrogens with one attached hydrogen (secondary N) is 1. The molecule has 174 valence electrons. The molecule has 0 fully saturated rings. The van der Waals surface area contributed by atoms with Gasteiger partial charge in [-0.05, 0) is 59.4 Å². The summed E-state index contributed by atoms with van der Waals surface area (Å²) in [5, 5.41) is 4.69. The molecule has 0 radical (unpaired) electrons. The summed E-state index contributed by atoms with van der Waals surface area (Å²) >= 11 is 0. The molecule has 2 atom stereocenters. The molecule has 5 heteroatoms. The fourth-order valence-corrected chi connectivity index (χ4v) is 5.61. The van der Waals surface area contributed by atoms with E-state index >= 15 is 0 Å². The van der Waals surface area contributed by atoms with E-state index in [4.69, 9.17) is 9.47 Å². The Kier molecular flexibility index (Phi) is 5.25. The molecular weight excluding hydrogens is 436 g/mol.